The first-order chi connectivity index (χ1) is 11.3. The Hall–Kier alpha value is -2.60. The van der Waals surface area contributed by atoms with Crippen molar-refractivity contribution in [1.82, 2.24) is 4.98 Å². The van der Waals surface area contributed by atoms with Crippen molar-refractivity contribution in [3.05, 3.63) is 53.0 Å². The SMILES string of the molecule is O=C(OCCc1nc2ccccc2s1)c1ccc2c(c1)OCO2. The van der Waals surface area contributed by atoms with Gasteiger partial charge in [-0.1, -0.05) is 12.1 Å². The van der Waals surface area contributed by atoms with Crippen molar-refractivity contribution in [2.24, 2.45) is 0 Å². The van der Waals surface area contributed by atoms with Crippen LogP contribution in [0.15, 0.2) is 42.5 Å². The maximum atomic E-state index is 12.1. The highest BCUT2D eigenvalue weighted by atomic mass is 32.1. The lowest BCUT2D eigenvalue weighted by molar-refractivity contribution is 0.0509. The molecule has 0 saturated carbocycles. The van der Waals surface area contributed by atoms with Crippen LogP contribution in [0.3, 0.4) is 0 Å². The van der Waals surface area contributed by atoms with E-state index in [2.05, 4.69) is 4.98 Å². The monoisotopic (exact) mass is 327 g/mol. The van der Waals surface area contributed by atoms with Crippen molar-refractivity contribution in [2.45, 2.75) is 6.42 Å². The number of benzene rings is 2. The van der Waals surface area contributed by atoms with Crippen LogP contribution in [-0.4, -0.2) is 24.4 Å². The minimum absolute atomic E-state index is 0.186. The standard InChI is InChI=1S/C17H13NO4S/c19-17(11-5-6-13-14(9-11)22-10-21-13)20-8-7-16-18-12-3-1-2-4-15(12)23-16/h1-6,9H,7-8,10H2. The first-order valence-electron chi connectivity index (χ1n) is 7.21. The maximum Gasteiger partial charge on any atom is 0.338 e. The molecule has 2 heterocycles. The van der Waals surface area contributed by atoms with Gasteiger partial charge in [-0.2, -0.15) is 0 Å². The summed E-state index contributed by atoms with van der Waals surface area (Å²) < 4.78 is 16.9. The van der Waals surface area contributed by atoms with E-state index in [1.165, 1.54) is 0 Å². The van der Waals surface area contributed by atoms with Gasteiger partial charge >= 0.3 is 5.97 Å². The summed E-state index contributed by atoms with van der Waals surface area (Å²) >= 11 is 1.62. The van der Waals surface area contributed by atoms with Gasteiger partial charge in [-0.05, 0) is 30.3 Å². The van der Waals surface area contributed by atoms with Gasteiger partial charge < -0.3 is 14.2 Å². The highest BCUT2D eigenvalue weighted by Crippen LogP contribution is 2.32. The molecular formula is C17H13NO4S. The minimum atomic E-state index is -0.371. The van der Waals surface area contributed by atoms with Gasteiger partial charge in [0, 0.05) is 6.42 Å². The van der Waals surface area contributed by atoms with E-state index in [0.29, 0.717) is 30.1 Å². The Balaban J connectivity index is 1.38. The van der Waals surface area contributed by atoms with Crippen LogP contribution in [0.25, 0.3) is 10.2 Å². The molecule has 0 atom stereocenters. The zero-order valence-electron chi connectivity index (χ0n) is 12.2. The summed E-state index contributed by atoms with van der Waals surface area (Å²) in [6.07, 6.45) is 0.607. The highest BCUT2D eigenvalue weighted by Gasteiger charge is 2.17. The van der Waals surface area contributed by atoms with E-state index in [-0.39, 0.29) is 12.8 Å². The van der Waals surface area contributed by atoms with Gasteiger partial charge in [0.1, 0.15) is 0 Å². The third kappa shape index (κ3) is 2.85. The lowest BCUT2D eigenvalue weighted by Gasteiger charge is -2.04. The zero-order valence-corrected chi connectivity index (χ0v) is 13.0. The molecule has 0 unspecified atom stereocenters. The fourth-order valence-corrected chi connectivity index (χ4v) is 3.31. The molecule has 0 bridgehead atoms. The van der Waals surface area contributed by atoms with E-state index in [9.17, 15) is 4.79 Å². The second-order valence-electron chi connectivity index (χ2n) is 5.03. The van der Waals surface area contributed by atoms with Crippen molar-refractivity contribution in [3.63, 3.8) is 0 Å². The van der Waals surface area contributed by atoms with Crippen LogP contribution in [0.2, 0.25) is 0 Å². The topological polar surface area (TPSA) is 57.7 Å². The van der Waals surface area contributed by atoms with Crippen molar-refractivity contribution >= 4 is 27.5 Å². The molecular weight excluding hydrogens is 314 g/mol. The summed E-state index contributed by atoms with van der Waals surface area (Å²) in [6, 6.07) is 13.0. The van der Waals surface area contributed by atoms with E-state index >= 15 is 0 Å². The highest BCUT2D eigenvalue weighted by molar-refractivity contribution is 7.18. The molecule has 23 heavy (non-hydrogen) atoms. The van der Waals surface area contributed by atoms with Crippen molar-refractivity contribution in [2.75, 3.05) is 13.4 Å². The largest absolute Gasteiger partial charge is 0.462 e. The predicted octanol–water partition coefficient (Wildman–Crippen LogP) is 3.42. The number of carbonyl (C=O) groups is 1. The van der Waals surface area contributed by atoms with Gasteiger partial charge in [0.05, 0.1) is 27.4 Å². The molecule has 6 heteroatoms. The first-order valence-corrected chi connectivity index (χ1v) is 8.02. The normalized spacial score (nSPS) is 12.5. The van der Waals surface area contributed by atoms with E-state index in [1.54, 1.807) is 29.5 Å². The zero-order chi connectivity index (χ0) is 15.6. The number of nitrogens with zero attached hydrogens (tertiary/aromatic N) is 1. The van der Waals surface area contributed by atoms with Crippen LogP contribution >= 0.6 is 11.3 Å². The maximum absolute atomic E-state index is 12.1. The quantitative estimate of drug-likeness (QED) is 0.687. The number of hydrogen-bond acceptors (Lipinski definition) is 6. The van der Waals surface area contributed by atoms with Crippen LogP contribution < -0.4 is 9.47 Å². The lowest BCUT2D eigenvalue weighted by atomic mass is 10.2. The van der Waals surface area contributed by atoms with Crippen molar-refractivity contribution in [3.8, 4) is 11.5 Å². The smallest absolute Gasteiger partial charge is 0.338 e. The summed E-state index contributed by atoms with van der Waals surface area (Å²) in [6.45, 7) is 0.485. The first kappa shape index (κ1) is 14.0. The number of fused-ring (bicyclic) bond motifs is 2. The molecule has 1 aliphatic heterocycles. The molecule has 2 aromatic carbocycles. The third-order valence-corrected chi connectivity index (χ3v) is 4.59. The summed E-state index contributed by atoms with van der Waals surface area (Å²) in [4.78, 5) is 16.6. The Morgan fingerprint density at radius 3 is 2.96 bits per heavy atom. The molecule has 1 aliphatic rings. The van der Waals surface area contributed by atoms with Crippen LogP contribution in [0, 0.1) is 0 Å². The van der Waals surface area contributed by atoms with Gasteiger partial charge in [0.25, 0.3) is 0 Å². The molecule has 0 spiro atoms. The molecule has 0 N–H and O–H groups in total. The number of hydrogen-bond donors (Lipinski definition) is 0. The Bertz CT molecular complexity index is 841. The average Bonchev–Trinajstić information content (AvgIpc) is 3.19. The van der Waals surface area contributed by atoms with Crippen LogP contribution in [0.5, 0.6) is 11.5 Å². The van der Waals surface area contributed by atoms with Gasteiger partial charge in [0.2, 0.25) is 6.79 Å². The molecule has 0 amide bonds. The molecule has 1 aromatic heterocycles. The van der Waals surface area contributed by atoms with Crippen molar-refractivity contribution < 1.29 is 19.0 Å². The second kappa shape index (κ2) is 5.89. The predicted molar refractivity (Wildman–Crippen MR) is 86.2 cm³/mol. The van der Waals surface area contributed by atoms with Gasteiger partial charge in [0.15, 0.2) is 11.5 Å². The fourth-order valence-electron chi connectivity index (χ4n) is 2.36. The molecule has 116 valence electrons. The van der Waals surface area contributed by atoms with Crippen LogP contribution in [0.4, 0.5) is 0 Å². The summed E-state index contributed by atoms with van der Waals surface area (Å²) in [5.74, 6) is 0.853. The molecule has 3 aromatic rings. The Morgan fingerprint density at radius 1 is 1.17 bits per heavy atom. The van der Waals surface area contributed by atoms with E-state index in [1.807, 2.05) is 24.3 Å². The number of rotatable bonds is 4. The third-order valence-electron chi connectivity index (χ3n) is 3.50. The summed E-state index contributed by atoms with van der Waals surface area (Å²) in [5.41, 5.74) is 1.44. The van der Waals surface area contributed by atoms with Gasteiger partial charge in [-0.25, -0.2) is 9.78 Å². The van der Waals surface area contributed by atoms with Gasteiger partial charge in [-0.3, -0.25) is 0 Å². The second-order valence-corrected chi connectivity index (χ2v) is 6.14. The molecule has 4 rings (SSSR count). The number of thiazole rings is 1. The minimum Gasteiger partial charge on any atom is -0.462 e. The average molecular weight is 327 g/mol. The van der Waals surface area contributed by atoms with Gasteiger partial charge in [-0.15, -0.1) is 11.3 Å². The molecule has 5 nitrogen and oxygen atoms in total. The number of ether oxygens (including phenoxy) is 3. The van der Waals surface area contributed by atoms with E-state index < -0.39 is 0 Å². The van der Waals surface area contributed by atoms with E-state index in [0.717, 1.165) is 15.2 Å². The molecule has 0 saturated heterocycles. The lowest BCUT2D eigenvalue weighted by Crippen LogP contribution is -2.08. The Kier molecular flexibility index (Phi) is 3.59. The summed E-state index contributed by atoms with van der Waals surface area (Å²) in [7, 11) is 0. The summed E-state index contributed by atoms with van der Waals surface area (Å²) in [5, 5.41) is 0.963. The number of aromatic nitrogens is 1. The number of para-hydroxylation sites is 1. The number of esters is 1. The molecule has 0 aliphatic carbocycles. The Morgan fingerprint density at radius 2 is 2.04 bits per heavy atom. The van der Waals surface area contributed by atoms with Crippen LogP contribution in [0.1, 0.15) is 15.4 Å². The molecule has 0 fully saturated rings. The molecule has 0 radical (unpaired) electrons. The van der Waals surface area contributed by atoms with Crippen LogP contribution in [-0.2, 0) is 11.2 Å². The number of carbonyl (C=O) groups excluding carboxylic acids is 1. The van der Waals surface area contributed by atoms with E-state index in [4.69, 9.17) is 14.2 Å². The fraction of sp³-hybridized carbons (Fsp3) is 0.176. The van der Waals surface area contributed by atoms with Crippen molar-refractivity contribution in [1.29, 1.82) is 0 Å². The Labute approximate surface area is 136 Å².